The van der Waals surface area contributed by atoms with Gasteiger partial charge in [0.2, 0.25) is 5.13 Å². The van der Waals surface area contributed by atoms with E-state index in [1.165, 1.54) is 11.3 Å². The van der Waals surface area contributed by atoms with Crippen molar-refractivity contribution in [2.75, 3.05) is 11.2 Å². The van der Waals surface area contributed by atoms with Gasteiger partial charge in [-0.2, -0.15) is 5.10 Å². The number of benzene rings is 1. The van der Waals surface area contributed by atoms with Gasteiger partial charge in [0, 0.05) is 5.38 Å². The molecule has 2 aromatic rings. The van der Waals surface area contributed by atoms with Gasteiger partial charge in [0.25, 0.3) is 0 Å². The third-order valence-corrected chi connectivity index (χ3v) is 3.34. The van der Waals surface area contributed by atoms with Crippen molar-refractivity contribution < 1.29 is 0 Å². The number of hydrogen-bond acceptors (Lipinski definition) is 5. The minimum Gasteiger partial charge on any atom is -0.383 e. The normalized spacial score (nSPS) is 10.9. The summed E-state index contributed by atoms with van der Waals surface area (Å²) >= 11 is 13.1. The number of aromatic nitrogens is 1. The van der Waals surface area contributed by atoms with Crippen molar-refractivity contribution in [2.24, 2.45) is 5.10 Å². The molecular formula is C10H8Cl2N4S. The van der Waals surface area contributed by atoms with Gasteiger partial charge in [0.1, 0.15) is 5.82 Å². The molecule has 0 fully saturated rings. The second-order valence-electron chi connectivity index (χ2n) is 3.12. The minimum absolute atomic E-state index is 0.474. The van der Waals surface area contributed by atoms with Crippen LogP contribution in [0.5, 0.6) is 0 Å². The Hall–Kier alpha value is -1.30. The van der Waals surface area contributed by atoms with E-state index in [-0.39, 0.29) is 0 Å². The fourth-order valence-electron chi connectivity index (χ4n) is 1.09. The van der Waals surface area contributed by atoms with E-state index in [9.17, 15) is 0 Å². The van der Waals surface area contributed by atoms with Crippen LogP contribution in [0.2, 0.25) is 10.0 Å². The van der Waals surface area contributed by atoms with Crippen molar-refractivity contribution in [1.29, 1.82) is 0 Å². The van der Waals surface area contributed by atoms with Crippen LogP contribution in [-0.4, -0.2) is 11.2 Å². The maximum absolute atomic E-state index is 5.87. The Balaban J connectivity index is 2.03. The molecule has 1 heterocycles. The number of nitrogens with two attached hydrogens (primary N) is 1. The molecule has 7 heteroatoms. The third-order valence-electron chi connectivity index (χ3n) is 1.84. The fourth-order valence-corrected chi connectivity index (χ4v) is 1.95. The summed E-state index contributed by atoms with van der Waals surface area (Å²) in [5, 5.41) is 7.40. The molecule has 17 heavy (non-hydrogen) atoms. The first-order valence-electron chi connectivity index (χ1n) is 4.60. The molecule has 4 nitrogen and oxygen atoms in total. The maximum atomic E-state index is 5.87. The van der Waals surface area contributed by atoms with E-state index in [1.807, 2.05) is 6.07 Å². The van der Waals surface area contributed by atoms with E-state index in [1.54, 1.807) is 23.7 Å². The molecular weight excluding hydrogens is 279 g/mol. The van der Waals surface area contributed by atoms with Gasteiger partial charge in [-0.25, -0.2) is 4.98 Å². The van der Waals surface area contributed by atoms with Crippen LogP contribution in [0.3, 0.4) is 0 Å². The second kappa shape index (κ2) is 5.35. The van der Waals surface area contributed by atoms with Crippen LogP contribution < -0.4 is 11.2 Å². The van der Waals surface area contributed by atoms with Crippen LogP contribution in [-0.2, 0) is 0 Å². The number of nitrogen functional groups attached to an aromatic ring is 1. The summed E-state index contributed by atoms with van der Waals surface area (Å²) in [7, 11) is 0. The highest BCUT2D eigenvalue weighted by Crippen LogP contribution is 2.22. The Kier molecular flexibility index (Phi) is 3.83. The SMILES string of the molecule is Nc1csc(NN=Cc2ccc(Cl)c(Cl)c2)n1. The largest absolute Gasteiger partial charge is 0.383 e. The predicted molar refractivity (Wildman–Crippen MR) is 74.2 cm³/mol. The molecule has 0 atom stereocenters. The van der Waals surface area contributed by atoms with Gasteiger partial charge in [-0.15, -0.1) is 11.3 Å². The molecule has 0 saturated carbocycles. The smallest absolute Gasteiger partial charge is 0.205 e. The molecule has 0 spiro atoms. The molecule has 0 amide bonds. The van der Waals surface area contributed by atoms with Gasteiger partial charge in [-0.05, 0) is 17.7 Å². The number of anilines is 2. The number of nitrogens with zero attached hydrogens (tertiary/aromatic N) is 2. The van der Waals surface area contributed by atoms with Crippen molar-refractivity contribution in [1.82, 2.24) is 4.98 Å². The molecule has 0 aliphatic rings. The zero-order valence-electron chi connectivity index (χ0n) is 8.52. The monoisotopic (exact) mass is 286 g/mol. The molecule has 0 saturated heterocycles. The maximum Gasteiger partial charge on any atom is 0.205 e. The van der Waals surface area contributed by atoms with E-state index in [0.29, 0.717) is 21.0 Å². The van der Waals surface area contributed by atoms with Gasteiger partial charge in [0.15, 0.2) is 0 Å². The summed E-state index contributed by atoms with van der Waals surface area (Å²) in [4.78, 5) is 4.00. The van der Waals surface area contributed by atoms with Gasteiger partial charge in [0.05, 0.1) is 16.3 Å². The number of hydrazone groups is 1. The van der Waals surface area contributed by atoms with Crippen LogP contribution in [0.15, 0.2) is 28.7 Å². The average Bonchev–Trinajstić information content (AvgIpc) is 2.70. The van der Waals surface area contributed by atoms with Gasteiger partial charge >= 0.3 is 0 Å². The standard InChI is InChI=1S/C10H8Cl2N4S/c11-7-2-1-6(3-8(7)12)4-14-16-10-15-9(13)5-17-10/h1-5H,13H2,(H,15,16). The van der Waals surface area contributed by atoms with Crippen molar-refractivity contribution in [3.8, 4) is 0 Å². The molecule has 0 bridgehead atoms. The lowest BCUT2D eigenvalue weighted by Crippen LogP contribution is -1.91. The number of thiazole rings is 1. The molecule has 0 radical (unpaired) electrons. The molecule has 0 unspecified atom stereocenters. The van der Waals surface area contributed by atoms with Crippen LogP contribution in [0, 0.1) is 0 Å². The molecule has 2 rings (SSSR count). The Bertz CT molecular complexity index is 553. The quantitative estimate of drug-likeness (QED) is 0.671. The summed E-state index contributed by atoms with van der Waals surface area (Å²) in [6.07, 6.45) is 1.62. The van der Waals surface area contributed by atoms with E-state index >= 15 is 0 Å². The summed E-state index contributed by atoms with van der Waals surface area (Å²) in [6.45, 7) is 0. The molecule has 3 N–H and O–H groups in total. The highest BCUT2D eigenvalue weighted by atomic mass is 35.5. The zero-order chi connectivity index (χ0) is 12.3. The third kappa shape index (κ3) is 3.33. The predicted octanol–water partition coefficient (Wildman–Crippen LogP) is 3.48. The topological polar surface area (TPSA) is 63.3 Å². The summed E-state index contributed by atoms with van der Waals surface area (Å²) in [6, 6.07) is 5.26. The van der Waals surface area contributed by atoms with Crippen LogP contribution in [0.4, 0.5) is 10.9 Å². The van der Waals surface area contributed by atoms with Crippen molar-refractivity contribution in [3.05, 3.63) is 39.2 Å². The number of rotatable bonds is 3. The zero-order valence-corrected chi connectivity index (χ0v) is 10.9. The summed E-state index contributed by atoms with van der Waals surface area (Å²) in [5.74, 6) is 0.474. The summed E-state index contributed by atoms with van der Waals surface area (Å²) < 4.78 is 0. The Labute approximate surface area is 112 Å². The average molecular weight is 287 g/mol. The van der Waals surface area contributed by atoms with E-state index in [0.717, 1.165) is 5.56 Å². The molecule has 0 aliphatic carbocycles. The summed E-state index contributed by atoms with van der Waals surface area (Å²) in [5.41, 5.74) is 9.09. The number of nitrogens with one attached hydrogen (secondary N) is 1. The Morgan fingerprint density at radius 2 is 2.18 bits per heavy atom. The lowest BCUT2D eigenvalue weighted by Gasteiger charge is -1.97. The van der Waals surface area contributed by atoms with Crippen molar-refractivity contribution in [3.63, 3.8) is 0 Å². The Morgan fingerprint density at radius 3 is 2.82 bits per heavy atom. The van der Waals surface area contributed by atoms with Crippen molar-refractivity contribution in [2.45, 2.75) is 0 Å². The fraction of sp³-hybridized carbons (Fsp3) is 0. The molecule has 1 aromatic carbocycles. The molecule has 88 valence electrons. The van der Waals surface area contributed by atoms with Crippen LogP contribution in [0.1, 0.15) is 5.56 Å². The molecule has 0 aliphatic heterocycles. The lowest BCUT2D eigenvalue weighted by atomic mass is 10.2. The highest BCUT2D eigenvalue weighted by Gasteiger charge is 1.98. The highest BCUT2D eigenvalue weighted by molar-refractivity contribution is 7.14. The minimum atomic E-state index is 0.474. The number of halogens is 2. The first-order valence-corrected chi connectivity index (χ1v) is 6.24. The molecule has 1 aromatic heterocycles. The van der Waals surface area contributed by atoms with Crippen molar-refractivity contribution >= 4 is 51.7 Å². The Morgan fingerprint density at radius 1 is 1.35 bits per heavy atom. The first-order chi connectivity index (χ1) is 8.15. The van der Waals surface area contributed by atoms with Gasteiger partial charge in [-0.1, -0.05) is 29.3 Å². The number of hydrogen-bond donors (Lipinski definition) is 2. The van der Waals surface area contributed by atoms with E-state index in [4.69, 9.17) is 28.9 Å². The lowest BCUT2D eigenvalue weighted by molar-refractivity contribution is 1.29. The van der Waals surface area contributed by atoms with Crippen LogP contribution >= 0.6 is 34.5 Å². The van der Waals surface area contributed by atoms with Crippen LogP contribution in [0.25, 0.3) is 0 Å². The van der Waals surface area contributed by atoms with Gasteiger partial charge in [-0.3, -0.25) is 5.43 Å². The van der Waals surface area contributed by atoms with Gasteiger partial charge < -0.3 is 5.73 Å². The van der Waals surface area contributed by atoms with E-state index < -0.39 is 0 Å². The first kappa shape index (κ1) is 12.2. The van der Waals surface area contributed by atoms with E-state index in [2.05, 4.69) is 15.5 Å². The second-order valence-corrected chi connectivity index (χ2v) is 4.79.